The number of pyridine rings is 2. The molecule has 0 saturated heterocycles. The van der Waals surface area contributed by atoms with Crippen molar-refractivity contribution in [3.8, 4) is 5.75 Å². The average molecular weight is 340 g/mol. The SMILES string of the molecule is C=CCOc1cccnc1CC(CCCN)NCc1ncccc1C. The second-order valence-corrected chi connectivity index (χ2v) is 6.03. The Morgan fingerprint density at radius 1 is 1.24 bits per heavy atom. The van der Waals surface area contributed by atoms with Gasteiger partial charge in [0.25, 0.3) is 0 Å². The number of hydrogen-bond donors (Lipinski definition) is 2. The van der Waals surface area contributed by atoms with Crippen LogP contribution < -0.4 is 15.8 Å². The number of aryl methyl sites for hydroxylation is 1. The highest BCUT2D eigenvalue weighted by Crippen LogP contribution is 2.18. The van der Waals surface area contributed by atoms with Gasteiger partial charge in [-0.05, 0) is 50.1 Å². The number of nitrogens with two attached hydrogens (primary N) is 1. The van der Waals surface area contributed by atoms with Crippen LogP contribution >= 0.6 is 0 Å². The maximum absolute atomic E-state index is 5.73. The zero-order valence-corrected chi connectivity index (χ0v) is 14.9. The third-order valence-electron chi connectivity index (χ3n) is 4.08. The summed E-state index contributed by atoms with van der Waals surface area (Å²) < 4.78 is 5.73. The van der Waals surface area contributed by atoms with Crippen molar-refractivity contribution in [3.05, 3.63) is 66.3 Å². The molecule has 134 valence electrons. The first-order chi connectivity index (χ1) is 12.2. The smallest absolute Gasteiger partial charge is 0.141 e. The van der Waals surface area contributed by atoms with Crippen molar-refractivity contribution < 1.29 is 4.74 Å². The second kappa shape index (κ2) is 10.6. The Morgan fingerprint density at radius 3 is 2.72 bits per heavy atom. The largest absolute Gasteiger partial charge is 0.488 e. The van der Waals surface area contributed by atoms with Crippen molar-refractivity contribution in [1.82, 2.24) is 15.3 Å². The predicted octanol–water partition coefficient (Wildman–Crippen LogP) is 2.79. The first kappa shape index (κ1) is 19.1. The minimum Gasteiger partial charge on any atom is -0.488 e. The minimum absolute atomic E-state index is 0.269. The average Bonchev–Trinajstić information content (AvgIpc) is 2.64. The van der Waals surface area contributed by atoms with Gasteiger partial charge in [-0.3, -0.25) is 9.97 Å². The Kier molecular flexibility index (Phi) is 8.09. The minimum atomic E-state index is 0.269. The first-order valence-electron chi connectivity index (χ1n) is 8.76. The predicted molar refractivity (Wildman–Crippen MR) is 102 cm³/mol. The van der Waals surface area contributed by atoms with E-state index in [-0.39, 0.29) is 6.04 Å². The molecule has 2 aromatic heterocycles. The van der Waals surface area contributed by atoms with Crippen LogP contribution in [0, 0.1) is 6.92 Å². The van der Waals surface area contributed by atoms with Crippen LogP contribution in [0.2, 0.25) is 0 Å². The molecule has 0 aliphatic heterocycles. The van der Waals surface area contributed by atoms with Crippen LogP contribution in [0.5, 0.6) is 5.75 Å². The van der Waals surface area contributed by atoms with E-state index in [2.05, 4.69) is 34.9 Å². The van der Waals surface area contributed by atoms with E-state index in [0.717, 1.165) is 42.9 Å². The molecule has 0 spiro atoms. The lowest BCUT2D eigenvalue weighted by Gasteiger charge is -2.20. The van der Waals surface area contributed by atoms with Crippen LogP contribution in [0.3, 0.4) is 0 Å². The van der Waals surface area contributed by atoms with E-state index < -0.39 is 0 Å². The summed E-state index contributed by atoms with van der Waals surface area (Å²) in [5.41, 5.74) is 8.93. The molecule has 0 bridgehead atoms. The van der Waals surface area contributed by atoms with Crippen molar-refractivity contribution in [2.24, 2.45) is 5.73 Å². The fourth-order valence-corrected chi connectivity index (χ4v) is 2.68. The van der Waals surface area contributed by atoms with Gasteiger partial charge in [0.2, 0.25) is 0 Å². The highest BCUT2D eigenvalue weighted by molar-refractivity contribution is 5.28. The summed E-state index contributed by atoms with van der Waals surface area (Å²) >= 11 is 0. The number of nitrogens with zero attached hydrogens (tertiary/aromatic N) is 2. The summed E-state index contributed by atoms with van der Waals surface area (Å²) in [7, 11) is 0. The Bertz CT molecular complexity index is 660. The van der Waals surface area contributed by atoms with Crippen molar-refractivity contribution in [2.45, 2.75) is 38.8 Å². The molecule has 25 heavy (non-hydrogen) atoms. The Balaban J connectivity index is 2.04. The van der Waals surface area contributed by atoms with Gasteiger partial charge in [0.1, 0.15) is 12.4 Å². The van der Waals surface area contributed by atoms with E-state index in [1.165, 1.54) is 5.56 Å². The van der Waals surface area contributed by atoms with Gasteiger partial charge in [-0.1, -0.05) is 18.7 Å². The molecule has 0 amide bonds. The Labute approximate surface area is 150 Å². The molecule has 0 aliphatic carbocycles. The van der Waals surface area contributed by atoms with Crippen molar-refractivity contribution in [2.75, 3.05) is 13.2 Å². The molecule has 5 nitrogen and oxygen atoms in total. The molecule has 2 aromatic rings. The summed E-state index contributed by atoms with van der Waals surface area (Å²) in [5, 5.41) is 3.61. The van der Waals surface area contributed by atoms with Crippen LogP contribution in [0.25, 0.3) is 0 Å². The molecule has 3 N–H and O–H groups in total. The molecular formula is C20H28N4O. The van der Waals surface area contributed by atoms with E-state index in [4.69, 9.17) is 10.5 Å². The van der Waals surface area contributed by atoms with E-state index >= 15 is 0 Å². The third-order valence-corrected chi connectivity index (χ3v) is 4.08. The lowest BCUT2D eigenvalue weighted by molar-refractivity contribution is 0.352. The van der Waals surface area contributed by atoms with E-state index in [0.29, 0.717) is 13.2 Å². The number of ether oxygens (including phenoxy) is 1. The van der Waals surface area contributed by atoms with Gasteiger partial charge in [-0.2, -0.15) is 0 Å². The normalized spacial score (nSPS) is 11.9. The molecule has 0 aliphatic rings. The first-order valence-corrected chi connectivity index (χ1v) is 8.76. The lowest BCUT2D eigenvalue weighted by Crippen LogP contribution is -2.32. The zero-order valence-electron chi connectivity index (χ0n) is 14.9. The molecule has 1 unspecified atom stereocenters. The van der Waals surface area contributed by atoms with Gasteiger partial charge in [0.15, 0.2) is 0 Å². The van der Waals surface area contributed by atoms with Gasteiger partial charge < -0.3 is 15.8 Å². The van der Waals surface area contributed by atoms with E-state index in [1.54, 1.807) is 12.3 Å². The van der Waals surface area contributed by atoms with Crippen molar-refractivity contribution >= 4 is 0 Å². The Morgan fingerprint density at radius 2 is 2.00 bits per heavy atom. The third kappa shape index (κ3) is 6.29. The highest BCUT2D eigenvalue weighted by Gasteiger charge is 2.14. The number of rotatable bonds is 11. The van der Waals surface area contributed by atoms with Crippen LogP contribution in [-0.4, -0.2) is 29.2 Å². The van der Waals surface area contributed by atoms with Gasteiger partial charge >= 0.3 is 0 Å². The standard InChI is InChI=1S/C20H28N4O/c1-3-13-25-20-9-6-12-22-18(20)14-17(8-4-10-21)24-15-19-16(2)7-5-11-23-19/h3,5-7,9,11-12,17,24H,1,4,8,10,13-15,21H2,2H3. The van der Waals surface area contributed by atoms with Gasteiger partial charge in [0, 0.05) is 31.4 Å². The van der Waals surface area contributed by atoms with Crippen molar-refractivity contribution in [1.29, 1.82) is 0 Å². The maximum atomic E-state index is 5.73. The molecule has 5 heteroatoms. The van der Waals surface area contributed by atoms with Crippen LogP contribution in [0.1, 0.15) is 29.8 Å². The van der Waals surface area contributed by atoms with Crippen molar-refractivity contribution in [3.63, 3.8) is 0 Å². The lowest BCUT2D eigenvalue weighted by atomic mass is 10.0. The molecule has 0 fully saturated rings. The van der Waals surface area contributed by atoms with E-state index in [1.807, 2.05) is 24.4 Å². The second-order valence-electron chi connectivity index (χ2n) is 6.03. The summed E-state index contributed by atoms with van der Waals surface area (Å²) in [6, 6.07) is 8.16. The number of hydrogen-bond acceptors (Lipinski definition) is 5. The highest BCUT2D eigenvalue weighted by atomic mass is 16.5. The molecule has 0 radical (unpaired) electrons. The van der Waals surface area contributed by atoms with Crippen LogP contribution in [0.4, 0.5) is 0 Å². The van der Waals surface area contributed by atoms with Gasteiger partial charge in [-0.25, -0.2) is 0 Å². The summed E-state index contributed by atoms with van der Waals surface area (Å²) in [4.78, 5) is 8.96. The molecular weight excluding hydrogens is 312 g/mol. The zero-order chi connectivity index (χ0) is 17.9. The van der Waals surface area contributed by atoms with Gasteiger partial charge in [-0.15, -0.1) is 0 Å². The molecule has 1 atom stereocenters. The fourth-order valence-electron chi connectivity index (χ4n) is 2.68. The topological polar surface area (TPSA) is 73.1 Å². The molecule has 0 saturated carbocycles. The van der Waals surface area contributed by atoms with Crippen LogP contribution in [-0.2, 0) is 13.0 Å². The van der Waals surface area contributed by atoms with Crippen LogP contribution in [0.15, 0.2) is 49.3 Å². The number of aromatic nitrogens is 2. The quantitative estimate of drug-likeness (QED) is 0.615. The maximum Gasteiger partial charge on any atom is 0.141 e. The summed E-state index contributed by atoms with van der Waals surface area (Å²) in [5.74, 6) is 0.816. The number of nitrogens with one attached hydrogen (secondary N) is 1. The Hall–Kier alpha value is -2.24. The summed E-state index contributed by atoms with van der Waals surface area (Å²) in [6.45, 7) is 7.68. The summed E-state index contributed by atoms with van der Waals surface area (Å²) in [6.07, 6.45) is 8.12. The molecule has 2 heterocycles. The fraction of sp³-hybridized carbons (Fsp3) is 0.400. The molecule has 2 rings (SSSR count). The van der Waals surface area contributed by atoms with E-state index in [9.17, 15) is 0 Å². The monoisotopic (exact) mass is 340 g/mol. The van der Waals surface area contributed by atoms with Gasteiger partial charge in [0.05, 0.1) is 11.4 Å². The molecule has 0 aromatic carbocycles.